The van der Waals surface area contributed by atoms with Gasteiger partial charge in [-0.15, -0.1) is 0 Å². The molecule has 1 aromatic heterocycles. The average Bonchev–Trinajstić information content (AvgIpc) is 2.84. The van der Waals surface area contributed by atoms with E-state index in [4.69, 9.17) is 4.74 Å². The van der Waals surface area contributed by atoms with E-state index in [2.05, 4.69) is 4.98 Å². The molecule has 2 aromatic rings. The maximum atomic E-state index is 13.2. The van der Waals surface area contributed by atoms with Crippen LogP contribution in [0, 0.1) is 5.82 Å². The van der Waals surface area contributed by atoms with Crippen LogP contribution in [-0.2, 0) is 13.2 Å². The van der Waals surface area contributed by atoms with Crippen LogP contribution in [0.1, 0.15) is 31.3 Å². The van der Waals surface area contributed by atoms with E-state index in [0.29, 0.717) is 11.3 Å². The van der Waals surface area contributed by atoms with Gasteiger partial charge < -0.3 is 14.4 Å². The lowest BCUT2D eigenvalue weighted by Crippen LogP contribution is -2.07. The Labute approximate surface area is 111 Å². The predicted octanol–water partition coefficient (Wildman–Crippen LogP) is 2.67. The van der Waals surface area contributed by atoms with Crippen molar-refractivity contribution in [2.75, 3.05) is 0 Å². The van der Waals surface area contributed by atoms with E-state index >= 15 is 0 Å². The number of benzene rings is 1. The van der Waals surface area contributed by atoms with Crippen LogP contribution < -0.4 is 4.74 Å². The first-order valence-corrected chi connectivity index (χ1v) is 6.22. The second-order valence-corrected chi connectivity index (χ2v) is 4.28. The highest BCUT2D eigenvalue weighted by molar-refractivity contribution is 5.35. The zero-order chi connectivity index (χ0) is 13.8. The molecular formula is C14H17FN2O2. The van der Waals surface area contributed by atoms with E-state index in [-0.39, 0.29) is 6.61 Å². The maximum absolute atomic E-state index is 13.2. The molecular weight excluding hydrogens is 247 g/mol. The molecule has 0 fully saturated rings. The van der Waals surface area contributed by atoms with E-state index in [1.165, 1.54) is 18.2 Å². The summed E-state index contributed by atoms with van der Waals surface area (Å²) in [6, 6.07) is 4.12. The normalized spacial score (nSPS) is 12.4. The van der Waals surface area contributed by atoms with Gasteiger partial charge in [-0.2, -0.15) is 0 Å². The molecule has 1 N–H and O–H groups in total. The third-order valence-corrected chi connectivity index (χ3v) is 2.92. The summed E-state index contributed by atoms with van der Waals surface area (Å²) in [5.74, 6) is 0.878. The Morgan fingerprint density at radius 3 is 2.95 bits per heavy atom. The van der Waals surface area contributed by atoms with Crippen LogP contribution in [-0.4, -0.2) is 14.7 Å². The summed E-state index contributed by atoms with van der Waals surface area (Å²) in [5, 5.41) is 9.62. The molecule has 1 unspecified atom stereocenters. The number of halogens is 1. The number of ether oxygens (including phenoxy) is 1. The van der Waals surface area contributed by atoms with Gasteiger partial charge in [0.25, 0.3) is 0 Å². The number of aliphatic hydroxyl groups excluding tert-OH is 1. The molecule has 0 aliphatic carbocycles. The molecule has 1 heterocycles. The van der Waals surface area contributed by atoms with Crippen molar-refractivity contribution in [1.29, 1.82) is 0 Å². The zero-order valence-electron chi connectivity index (χ0n) is 11.0. The molecule has 0 radical (unpaired) electrons. The van der Waals surface area contributed by atoms with Crippen LogP contribution >= 0.6 is 0 Å². The van der Waals surface area contributed by atoms with Crippen molar-refractivity contribution in [2.45, 2.75) is 33.1 Å². The number of rotatable bonds is 5. The van der Waals surface area contributed by atoms with Gasteiger partial charge >= 0.3 is 0 Å². The monoisotopic (exact) mass is 264 g/mol. The molecule has 19 heavy (non-hydrogen) atoms. The van der Waals surface area contributed by atoms with Crippen LogP contribution in [0.4, 0.5) is 4.39 Å². The number of nitrogens with zero attached hydrogens (tertiary/aromatic N) is 2. The number of hydrogen-bond donors (Lipinski definition) is 1. The largest absolute Gasteiger partial charge is 0.485 e. The Hall–Kier alpha value is -1.88. The second kappa shape index (κ2) is 5.84. The van der Waals surface area contributed by atoms with E-state index in [1.54, 1.807) is 13.1 Å². The van der Waals surface area contributed by atoms with Crippen LogP contribution in [0.3, 0.4) is 0 Å². The SMILES string of the molecule is CCn1ccnc1COc1ccc(F)cc1C(C)O. The molecule has 5 heteroatoms. The van der Waals surface area contributed by atoms with Gasteiger partial charge in [-0.05, 0) is 32.0 Å². The molecule has 0 saturated carbocycles. The van der Waals surface area contributed by atoms with Gasteiger partial charge in [-0.3, -0.25) is 0 Å². The smallest absolute Gasteiger partial charge is 0.146 e. The summed E-state index contributed by atoms with van der Waals surface area (Å²) in [7, 11) is 0. The topological polar surface area (TPSA) is 47.3 Å². The summed E-state index contributed by atoms with van der Waals surface area (Å²) in [6.07, 6.45) is 2.80. The number of imidazole rings is 1. The molecule has 0 bridgehead atoms. The van der Waals surface area contributed by atoms with Crippen molar-refractivity contribution in [2.24, 2.45) is 0 Å². The Kier molecular flexibility index (Phi) is 4.16. The second-order valence-electron chi connectivity index (χ2n) is 4.28. The third-order valence-electron chi connectivity index (χ3n) is 2.92. The fraction of sp³-hybridized carbons (Fsp3) is 0.357. The van der Waals surface area contributed by atoms with Gasteiger partial charge in [-0.25, -0.2) is 9.37 Å². The Balaban J connectivity index is 2.15. The van der Waals surface area contributed by atoms with Crippen LogP contribution in [0.25, 0.3) is 0 Å². The van der Waals surface area contributed by atoms with Crippen LogP contribution in [0.15, 0.2) is 30.6 Å². The highest BCUT2D eigenvalue weighted by Crippen LogP contribution is 2.26. The van der Waals surface area contributed by atoms with Gasteiger partial charge in [0.2, 0.25) is 0 Å². The highest BCUT2D eigenvalue weighted by atomic mass is 19.1. The van der Waals surface area contributed by atoms with Gasteiger partial charge in [-0.1, -0.05) is 0 Å². The number of aryl methyl sites for hydroxylation is 1. The van der Waals surface area contributed by atoms with Gasteiger partial charge in [0, 0.05) is 24.5 Å². The van der Waals surface area contributed by atoms with Crippen LogP contribution in [0.2, 0.25) is 0 Å². The van der Waals surface area contributed by atoms with Crippen molar-refractivity contribution < 1.29 is 14.2 Å². The van der Waals surface area contributed by atoms with E-state index in [1.807, 2.05) is 17.7 Å². The molecule has 4 nitrogen and oxygen atoms in total. The molecule has 0 amide bonds. The molecule has 0 aliphatic rings. The van der Waals surface area contributed by atoms with E-state index < -0.39 is 11.9 Å². The quantitative estimate of drug-likeness (QED) is 0.903. The van der Waals surface area contributed by atoms with E-state index in [0.717, 1.165) is 12.4 Å². The number of hydrogen-bond acceptors (Lipinski definition) is 3. The number of aliphatic hydroxyl groups is 1. The van der Waals surface area contributed by atoms with Crippen molar-refractivity contribution in [3.63, 3.8) is 0 Å². The first kappa shape index (κ1) is 13.5. The molecule has 0 saturated heterocycles. The van der Waals surface area contributed by atoms with Crippen molar-refractivity contribution in [3.8, 4) is 5.75 Å². The molecule has 1 atom stereocenters. The summed E-state index contributed by atoms with van der Waals surface area (Å²) in [5.41, 5.74) is 0.439. The lowest BCUT2D eigenvalue weighted by atomic mass is 10.1. The molecule has 0 aliphatic heterocycles. The summed E-state index contributed by atoms with van der Waals surface area (Å²) in [6.45, 7) is 4.69. The minimum atomic E-state index is -0.781. The molecule has 0 spiro atoms. The lowest BCUT2D eigenvalue weighted by molar-refractivity contribution is 0.188. The first-order chi connectivity index (χ1) is 9.11. The van der Waals surface area contributed by atoms with E-state index in [9.17, 15) is 9.50 Å². The van der Waals surface area contributed by atoms with Crippen molar-refractivity contribution >= 4 is 0 Å². The maximum Gasteiger partial charge on any atom is 0.146 e. The molecule has 1 aromatic carbocycles. The number of aromatic nitrogens is 2. The third kappa shape index (κ3) is 3.12. The predicted molar refractivity (Wildman–Crippen MR) is 69.3 cm³/mol. The lowest BCUT2D eigenvalue weighted by Gasteiger charge is -2.13. The highest BCUT2D eigenvalue weighted by Gasteiger charge is 2.11. The van der Waals surface area contributed by atoms with Gasteiger partial charge in [0.1, 0.15) is 24.0 Å². The zero-order valence-corrected chi connectivity index (χ0v) is 11.0. The van der Waals surface area contributed by atoms with Crippen LogP contribution in [0.5, 0.6) is 5.75 Å². The van der Waals surface area contributed by atoms with Gasteiger partial charge in [0.15, 0.2) is 0 Å². The van der Waals surface area contributed by atoms with Gasteiger partial charge in [0.05, 0.1) is 6.10 Å². The fourth-order valence-electron chi connectivity index (χ4n) is 1.89. The standard InChI is InChI=1S/C14H17FN2O2/c1-3-17-7-6-16-14(17)9-19-13-5-4-11(15)8-12(13)10(2)18/h4-8,10,18H,3,9H2,1-2H3. The summed E-state index contributed by atoms with van der Waals surface area (Å²) >= 11 is 0. The minimum absolute atomic E-state index is 0.284. The average molecular weight is 264 g/mol. The fourth-order valence-corrected chi connectivity index (χ4v) is 1.89. The molecule has 102 valence electrons. The summed E-state index contributed by atoms with van der Waals surface area (Å²) in [4.78, 5) is 4.20. The van der Waals surface area contributed by atoms with Crippen molar-refractivity contribution in [1.82, 2.24) is 9.55 Å². The summed E-state index contributed by atoms with van der Waals surface area (Å²) < 4.78 is 20.8. The molecule has 2 rings (SSSR count). The Morgan fingerprint density at radius 1 is 1.47 bits per heavy atom. The Bertz CT molecular complexity index is 552. The Morgan fingerprint density at radius 2 is 2.26 bits per heavy atom. The minimum Gasteiger partial charge on any atom is -0.485 e. The van der Waals surface area contributed by atoms with Crippen molar-refractivity contribution in [3.05, 3.63) is 47.8 Å². The first-order valence-electron chi connectivity index (χ1n) is 6.22.